The van der Waals surface area contributed by atoms with Gasteiger partial charge in [-0.05, 0) is 32.4 Å². The maximum atomic E-state index is 5.99. The quantitative estimate of drug-likeness (QED) is 0.499. The standard InChI is InChI=1S/C13H24N2/c1-5-8-11(4)10-12(14)13(7-3)15-9-6-2/h7-8,10,13,15H,3,5-6,9,14H2,1-2,4H3/b11-8-,12-10-. The van der Waals surface area contributed by atoms with Crippen molar-refractivity contribution in [3.05, 3.63) is 36.1 Å². The van der Waals surface area contributed by atoms with Crippen molar-refractivity contribution in [1.82, 2.24) is 5.32 Å². The third-order valence-electron chi connectivity index (χ3n) is 2.13. The smallest absolute Gasteiger partial charge is 0.0650 e. The molecule has 0 aliphatic rings. The molecule has 0 aliphatic heterocycles. The van der Waals surface area contributed by atoms with Crippen molar-refractivity contribution in [3.63, 3.8) is 0 Å². The lowest BCUT2D eigenvalue weighted by atomic mass is 10.1. The van der Waals surface area contributed by atoms with Gasteiger partial charge >= 0.3 is 0 Å². The van der Waals surface area contributed by atoms with Crippen LogP contribution in [0.1, 0.15) is 33.6 Å². The fourth-order valence-electron chi connectivity index (χ4n) is 1.37. The van der Waals surface area contributed by atoms with Crippen molar-refractivity contribution in [2.45, 2.75) is 39.7 Å². The van der Waals surface area contributed by atoms with E-state index in [4.69, 9.17) is 5.73 Å². The van der Waals surface area contributed by atoms with Gasteiger partial charge in [0.1, 0.15) is 0 Å². The Bertz CT molecular complexity index is 239. The fourth-order valence-corrected chi connectivity index (χ4v) is 1.37. The molecule has 0 bridgehead atoms. The third-order valence-corrected chi connectivity index (χ3v) is 2.13. The van der Waals surface area contributed by atoms with Gasteiger partial charge < -0.3 is 11.1 Å². The molecule has 2 heteroatoms. The lowest BCUT2D eigenvalue weighted by Gasteiger charge is -2.14. The Morgan fingerprint density at radius 1 is 1.47 bits per heavy atom. The summed E-state index contributed by atoms with van der Waals surface area (Å²) in [5.74, 6) is 0. The fraction of sp³-hybridized carbons (Fsp3) is 0.538. The molecule has 0 fully saturated rings. The third kappa shape index (κ3) is 6.13. The van der Waals surface area contributed by atoms with Gasteiger partial charge in [-0.25, -0.2) is 0 Å². The Kier molecular flexibility index (Phi) is 7.74. The molecule has 0 amide bonds. The lowest BCUT2D eigenvalue weighted by Crippen LogP contribution is -2.32. The van der Waals surface area contributed by atoms with E-state index in [1.54, 1.807) is 0 Å². The summed E-state index contributed by atoms with van der Waals surface area (Å²) in [7, 11) is 0. The number of hydrogen-bond donors (Lipinski definition) is 2. The van der Waals surface area contributed by atoms with E-state index in [9.17, 15) is 0 Å². The normalized spacial score (nSPS) is 15.1. The highest BCUT2D eigenvalue weighted by Gasteiger charge is 2.04. The highest BCUT2D eigenvalue weighted by Crippen LogP contribution is 2.04. The maximum Gasteiger partial charge on any atom is 0.0650 e. The molecule has 0 spiro atoms. The maximum absolute atomic E-state index is 5.99. The second kappa shape index (κ2) is 8.30. The molecular formula is C13H24N2. The first-order valence-electron chi connectivity index (χ1n) is 5.65. The number of nitrogens with one attached hydrogen (secondary N) is 1. The highest BCUT2D eigenvalue weighted by molar-refractivity contribution is 5.25. The van der Waals surface area contributed by atoms with Crippen LogP contribution in [0, 0.1) is 0 Å². The first-order chi connectivity index (χ1) is 7.15. The predicted molar refractivity (Wildman–Crippen MR) is 68.6 cm³/mol. The summed E-state index contributed by atoms with van der Waals surface area (Å²) < 4.78 is 0. The molecule has 15 heavy (non-hydrogen) atoms. The van der Waals surface area contributed by atoms with E-state index in [0.29, 0.717) is 0 Å². The number of allylic oxidation sites excluding steroid dienone is 3. The molecule has 0 aromatic heterocycles. The predicted octanol–water partition coefficient (Wildman–Crippen LogP) is 2.74. The molecular weight excluding hydrogens is 184 g/mol. The molecule has 1 unspecified atom stereocenters. The van der Waals surface area contributed by atoms with Crippen molar-refractivity contribution >= 4 is 0 Å². The minimum Gasteiger partial charge on any atom is -0.400 e. The van der Waals surface area contributed by atoms with Crippen molar-refractivity contribution < 1.29 is 0 Å². The summed E-state index contributed by atoms with van der Waals surface area (Å²) in [4.78, 5) is 0. The Balaban J connectivity index is 4.42. The van der Waals surface area contributed by atoms with Gasteiger partial charge in [0, 0.05) is 5.70 Å². The zero-order chi connectivity index (χ0) is 11.7. The minimum atomic E-state index is 0.0881. The molecule has 0 heterocycles. The molecule has 0 radical (unpaired) electrons. The van der Waals surface area contributed by atoms with E-state index in [0.717, 1.165) is 25.1 Å². The summed E-state index contributed by atoms with van der Waals surface area (Å²) in [5.41, 5.74) is 8.03. The molecule has 0 aromatic rings. The summed E-state index contributed by atoms with van der Waals surface area (Å²) in [6.45, 7) is 11.1. The zero-order valence-corrected chi connectivity index (χ0v) is 10.2. The van der Waals surface area contributed by atoms with Crippen molar-refractivity contribution in [1.29, 1.82) is 0 Å². The van der Waals surface area contributed by atoms with Gasteiger partial charge in [0.05, 0.1) is 6.04 Å². The Labute approximate surface area is 93.9 Å². The summed E-state index contributed by atoms with van der Waals surface area (Å²) in [5, 5.41) is 3.33. The van der Waals surface area contributed by atoms with Crippen LogP contribution in [0.5, 0.6) is 0 Å². The van der Waals surface area contributed by atoms with Gasteiger partial charge in [-0.2, -0.15) is 0 Å². The van der Waals surface area contributed by atoms with Crippen LogP contribution < -0.4 is 11.1 Å². The van der Waals surface area contributed by atoms with E-state index in [1.807, 2.05) is 12.2 Å². The minimum absolute atomic E-state index is 0.0881. The van der Waals surface area contributed by atoms with Gasteiger partial charge in [0.25, 0.3) is 0 Å². The molecule has 0 aromatic carbocycles. The Morgan fingerprint density at radius 2 is 2.13 bits per heavy atom. The van der Waals surface area contributed by atoms with E-state index < -0.39 is 0 Å². The van der Waals surface area contributed by atoms with Crippen LogP contribution in [0.2, 0.25) is 0 Å². The highest BCUT2D eigenvalue weighted by atomic mass is 14.9. The monoisotopic (exact) mass is 208 g/mol. The molecule has 1 atom stereocenters. The zero-order valence-electron chi connectivity index (χ0n) is 10.2. The van der Waals surface area contributed by atoms with Gasteiger partial charge in [-0.1, -0.05) is 31.6 Å². The van der Waals surface area contributed by atoms with Crippen molar-refractivity contribution in [2.24, 2.45) is 5.73 Å². The van der Waals surface area contributed by atoms with Crippen LogP contribution in [-0.4, -0.2) is 12.6 Å². The van der Waals surface area contributed by atoms with E-state index in [1.165, 1.54) is 5.57 Å². The van der Waals surface area contributed by atoms with Crippen LogP contribution in [0.4, 0.5) is 0 Å². The topological polar surface area (TPSA) is 38.0 Å². The van der Waals surface area contributed by atoms with Crippen LogP contribution in [0.15, 0.2) is 36.1 Å². The molecule has 2 nitrogen and oxygen atoms in total. The molecule has 86 valence electrons. The number of hydrogen-bond acceptors (Lipinski definition) is 2. The lowest BCUT2D eigenvalue weighted by molar-refractivity contribution is 0.636. The molecule has 3 N–H and O–H groups in total. The molecule has 0 aliphatic carbocycles. The van der Waals surface area contributed by atoms with Crippen LogP contribution in [-0.2, 0) is 0 Å². The average molecular weight is 208 g/mol. The Hall–Kier alpha value is -1.02. The van der Waals surface area contributed by atoms with Gasteiger partial charge in [-0.15, -0.1) is 6.58 Å². The first kappa shape index (κ1) is 14.0. The molecule has 0 saturated heterocycles. The molecule has 0 rings (SSSR count). The van der Waals surface area contributed by atoms with Crippen molar-refractivity contribution in [3.8, 4) is 0 Å². The van der Waals surface area contributed by atoms with Crippen LogP contribution in [0.25, 0.3) is 0 Å². The van der Waals surface area contributed by atoms with E-state index >= 15 is 0 Å². The van der Waals surface area contributed by atoms with Crippen LogP contribution >= 0.6 is 0 Å². The number of nitrogens with two attached hydrogens (primary N) is 1. The molecule has 0 saturated carbocycles. The van der Waals surface area contributed by atoms with Gasteiger partial charge in [0.15, 0.2) is 0 Å². The first-order valence-corrected chi connectivity index (χ1v) is 5.65. The summed E-state index contributed by atoms with van der Waals surface area (Å²) in [6.07, 6.45) is 8.16. The van der Waals surface area contributed by atoms with Crippen LogP contribution in [0.3, 0.4) is 0 Å². The average Bonchev–Trinajstić information content (AvgIpc) is 2.19. The van der Waals surface area contributed by atoms with E-state index in [-0.39, 0.29) is 6.04 Å². The second-order valence-corrected chi connectivity index (χ2v) is 3.67. The second-order valence-electron chi connectivity index (χ2n) is 3.67. The number of rotatable bonds is 7. The largest absolute Gasteiger partial charge is 0.400 e. The SMILES string of the molecule is C=CC(NCCC)/C(N)=C/C(C)=C\CC. The Morgan fingerprint density at radius 3 is 2.60 bits per heavy atom. The summed E-state index contributed by atoms with van der Waals surface area (Å²) >= 11 is 0. The van der Waals surface area contributed by atoms with Gasteiger partial charge in [0.2, 0.25) is 0 Å². The van der Waals surface area contributed by atoms with E-state index in [2.05, 4.69) is 38.7 Å². The summed E-state index contributed by atoms with van der Waals surface area (Å²) in [6, 6.07) is 0.0881. The van der Waals surface area contributed by atoms with Crippen molar-refractivity contribution in [2.75, 3.05) is 6.54 Å². The van der Waals surface area contributed by atoms with Gasteiger partial charge in [-0.3, -0.25) is 0 Å².